The van der Waals surface area contributed by atoms with Crippen LogP contribution in [0.5, 0.6) is 5.88 Å². The Morgan fingerprint density at radius 2 is 2.15 bits per heavy atom. The van der Waals surface area contributed by atoms with Gasteiger partial charge in [-0.05, 0) is 18.6 Å². The topological polar surface area (TPSA) is 139 Å². The van der Waals surface area contributed by atoms with Crippen molar-refractivity contribution in [2.24, 2.45) is 15.9 Å². The SMILES string of the molecule is O=C(NCCOCCO)C1=CC2C(Nc3cnc(OC4=CC=CC(OC(F)(F)F)C4)c(Cl)c3)=NC=NC2NCC1. The number of aliphatic imine (C=N–C) groups is 2. The van der Waals surface area contributed by atoms with Gasteiger partial charge in [-0.3, -0.25) is 19.8 Å². The van der Waals surface area contributed by atoms with E-state index in [0.717, 1.165) is 0 Å². The number of aliphatic hydroxyl groups excluding tert-OH is 1. The maximum Gasteiger partial charge on any atom is 0.523 e. The number of halogens is 4. The van der Waals surface area contributed by atoms with E-state index in [0.29, 0.717) is 36.6 Å². The first-order valence-electron chi connectivity index (χ1n) is 12.4. The van der Waals surface area contributed by atoms with Crippen LogP contribution >= 0.6 is 11.6 Å². The van der Waals surface area contributed by atoms with E-state index in [1.54, 1.807) is 6.07 Å². The number of ether oxygens (including phenoxy) is 3. The zero-order valence-electron chi connectivity index (χ0n) is 21.2. The smallest absolute Gasteiger partial charge is 0.442 e. The standard InChI is InChI=1S/C25H28ClF3N6O5/c26-20-11-16(13-32-24(20)39-17-2-1-3-18(12-17)40-25(27,28)29)35-22-19-10-15(4-5-30-21(19)33-14-34-22)23(37)31-6-8-38-9-7-36/h1-3,10-11,13-14,18-19,21,30,36H,4-9,12H2,(H,31,37)(H,33,34,35). The molecule has 0 bridgehead atoms. The lowest BCUT2D eigenvalue weighted by atomic mass is 10.00. The number of pyridine rings is 1. The lowest BCUT2D eigenvalue weighted by molar-refractivity contribution is -0.336. The van der Waals surface area contributed by atoms with Gasteiger partial charge in [0.1, 0.15) is 29.1 Å². The number of alkyl halides is 3. The number of allylic oxidation sites excluding steroid dienone is 2. The highest BCUT2D eigenvalue weighted by atomic mass is 35.5. The van der Waals surface area contributed by atoms with Gasteiger partial charge in [-0.15, -0.1) is 13.2 Å². The van der Waals surface area contributed by atoms with E-state index in [-0.39, 0.29) is 55.0 Å². The average Bonchev–Trinajstić information content (AvgIpc) is 3.13. The molecule has 3 heterocycles. The number of nitrogens with zero attached hydrogens (tertiary/aromatic N) is 3. The van der Waals surface area contributed by atoms with Crippen LogP contribution < -0.4 is 20.7 Å². The number of nitrogens with one attached hydrogen (secondary N) is 3. The summed E-state index contributed by atoms with van der Waals surface area (Å²) in [6.45, 7) is 1.24. The number of fused-ring (bicyclic) bond motifs is 1. The zero-order chi connectivity index (χ0) is 28.5. The summed E-state index contributed by atoms with van der Waals surface area (Å²) >= 11 is 6.37. The summed E-state index contributed by atoms with van der Waals surface area (Å²) < 4.78 is 52.5. The van der Waals surface area contributed by atoms with Gasteiger partial charge in [-0.1, -0.05) is 29.8 Å². The van der Waals surface area contributed by atoms with Crippen molar-refractivity contribution >= 4 is 35.4 Å². The highest BCUT2D eigenvalue weighted by Gasteiger charge is 2.34. The van der Waals surface area contributed by atoms with Crippen LogP contribution in [0.25, 0.3) is 0 Å². The maximum absolute atomic E-state index is 12.7. The number of amidine groups is 1. The summed E-state index contributed by atoms with van der Waals surface area (Å²) in [5.41, 5.74) is 1.04. The first kappa shape index (κ1) is 29.7. The minimum atomic E-state index is -4.77. The van der Waals surface area contributed by atoms with Crippen LogP contribution in [0.1, 0.15) is 12.8 Å². The molecule has 4 N–H and O–H groups in total. The van der Waals surface area contributed by atoms with E-state index in [2.05, 4.69) is 35.7 Å². The molecule has 1 amide bonds. The average molecular weight is 585 g/mol. The van der Waals surface area contributed by atoms with E-state index in [1.807, 2.05) is 6.08 Å². The van der Waals surface area contributed by atoms with Crippen LogP contribution in [-0.2, 0) is 14.3 Å². The Morgan fingerprint density at radius 1 is 1.30 bits per heavy atom. The number of rotatable bonds is 10. The van der Waals surface area contributed by atoms with Gasteiger partial charge in [0.2, 0.25) is 11.8 Å². The van der Waals surface area contributed by atoms with Crippen molar-refractivity contribution in [3.63, 3.8) is 0 Å². The number of hydrogen-bond donors (Lipinski definition) is 4. The Morgan fingerprint density at radius 3 is 2.92 bits per heavy atom. The third-order valence-electron chi connectivity index (χ3n) is 5.87. The Labute approximate surface area is 232 Å². The highest BCUT2D eigenvalue weighted by Crippen LogP contribution is 2.31. The molecule has 4 rings (SSSR count). The molecule has 15 heteroatoms. The van der Waals surface area contributed by atoms with Crippen molar-refractivity contribution in [3.8, 4) is 5.88 Å². The number of carbonyl (C=O) groups excluding carboxylic acids is 1. The number of carbonyl (C=O) groups is 1. The minimum Gasteiger partial charge on any atom is -0.442 e. The van der Waals surface area contributed by atoms with Crippen molar-refractivity contribution in [2.75, 3.05) is 38.2 Å². The molecule has 2 aliphatic heterocycles. The van der Waals surface area contributed by atoms with Gasteiger partial charge in [0.25, 0.3) is 0 Å². The summed E-state index contributed by atoms with van der Waals surface area (Å²) in [7, 11) is 0. The Bertz CT molecular complexity index is 1220. The van der Waals surface area contributed by atoms with Crippen LogP contribution in [0.2, 0.25) is 5.02 Å². The van der Waals surface area contributed by atoms with Crippen LogP contribution in [0.4, 0.5) is 18.9 Å². The molecule has 0 aromatic carbocycles. The number of aliphatic hydroxyl groups is 1. The summed E-state index contributed by atoms with van der Waals surface area (Å²) in [5.74, 6) is 0.110. The fraction of sp³-hybridized carbons (Fsp3) is 0.440. The lowest BCUT2D eigenvalue weighted by Crippen LogP contribution is -2.41. The molecule has 1 aromatic rings. The second-order valence-corrected chi connectivity index (χ2v) is 9.21. The molecule has 3 unspecified atom stereocenters. The van der Waals surface area contributed by atoms with E-state index >= 15 is 0 Å². The van der Waals surface area contributed by atoms with Crippen molar-refractivity contribution in [1.29, 1.82) is 0 Å². The summed E-state index contributed by atoms with van der Waals surface area (Å²) in [6.07, 6.45) is 2.89. The second kappa shape index (κ2) is 13.9. The van der Waals surface area contributed by atoms with Crippen molar-refractivity contribution < 1.29 is 37.3 Å². The van der Waals surface area contributed by atoms with Crippen molar-refractivity contribution in [2.45, 2.75) is 31.5 Å². The molecule has 0 saturated carbocycles. The highest BCUT2D eigenvalue weighted by molar-refractivity contribution is 6.32. The van der Waals surface area contributed by atoms with Gasteiger partial charge in [0.05, 0.1) is 43.7 Å². The van der Waals surface area contributed by atoms with Crippen LogP contribution in [0.15, 0.2) is 57.9 Å². The molecular formula is C25H28ClF3N6O5. The van der Waals surface area contributed by atoms with Crippen LogP contribution in [-0.4, -0.2) is 79.7 Å². The largest absolute Gasteiger partial charge is 0.523 e. The van der Waals surface area contributed by atoms with Gasteiger partial charge in [-0.25, -0.2) is 9.98 Å². The number of anilines is 1. The van der Waals surface area contributed by atoms with E-state index in [1.165, 1.54) is 30.8 Å². The van der Waals surface area contributed by atoms with Gasteiger partial charge in [0, 0.05) is 25.1 Å². The first-order valence-corrected chi connectivity index (χ1v) is 12.8. The van der Waals surface area contributed by atoms with Gasteiger partial charge in [0.15, 0.2) is 0 Å². The molecule has 0 radical (unpaired) electrons. The third-order valence-corrected chi connectivity index (χ3v) is 6.14. The van der Waals surface area contributed by atoms with Crippen LogP contribution in [0.3, 0.4) is 0 Å². The zero-order valence-corrected chi connectivity index (χ0v) is 21.9. The van der Waals surface area contributed by atoms with E-state index in [9.17, 15) is 18.0 Å². The molecule has 1 aliphatic carbocycles. The molecule has 0 spiro atoms. The lowest BCUT2D eigenvalue weighted by Gasteiger charge is -2.25. The quantitative estimate of drug-likeness (QED) is 0.308. The second-order valence-electron chi connectivity index (χ2n) is 8.80. The van der Waals surface area contributed by atoms with Gasteiger partial charge in [-0.2, -0.15) is 0 Å². The molecule has 11 nitrogen and oxygen atoms in total. The number of aromatic nitrogens is 1. The summed E-state index contributed by atoms with van der Waals surface area (Å²) in [5, 5.41) is 18.2. The Kier molecular flexibility index (Phi) is 10.3. The monoisotopic (exact) mass is 584 g/mol. The normalized spacial score (nSPS) is 22.4. The minimum absolute atomic E-state index is 0.0162. The predicted octanol–water partition coefficient (Wildman–Crippen LogP) is 2.70. The van der Waals surface area contributed by atoms with E-state index in [4.69, 9.17) is 26.2 Å². The first-order chi connectivity index (χ1) is 19.2. The maximum atomic E-state index is 12.7. The van der Waals surface area contributed by atoms with Crippen molar-refractivity contribution in [1.82, 2.24) is 15.6 Å². The van der Waals surface area contributed by atoms with Gasteiger partial charge < -0.3 is 25.2 Å². The summed E-state index contributed by atoms with van der Waals surface area (Å²) in [4.78, 5) is 25.7. The number of amides is 1. The van der Waals surface area contributed by atoms with E-state index < -0.39 is 18.4 Å². The van der Waals surface area contributed by atoms with Crippen LogP contribution in [0, 0.1) is 5.92 Å². The fourth-order valence-electron chi connectivity index (χ4n) is 4.11. The molecule has 0 saturated heterocycles. The van der Waals surface area contributed by atoms with Crippen molar-refractivity contribution in [3.05, 3.63) is 52.9 Å². The van der Waals surface area contributed by atoms with Gasteiger partial charge >= 0.3 is 6.36 Å². The molecule has 40 heavy (non-hydrogen) atoms. The molecule has 1 aromatic heterocycles. The molecule has 216 valence electrons. The molecule has 3 atom stereocenters. The molecule has 3 aliphatic rings. The number of hydrogen-bond acceptors (Lipinski definition) is 10. The molecule has 0 fully saturated rings. The summed E-state index contributed by atoms with van der Waals surface area (Å²) in [6, 6.07) is 1.55. The Hall–Kier alpha value is -3.30. The fourth-order valence-corrected chi connectivity index (χ4v) is 4.32. The molecular weight excluding hydrogens is 557 g/mol. The Balaban J connectivity index is 1.40. The predicted molar refractivity (Wildman–Crippen MR) is 141 cm³/mol. The third kappa shape index (κ3) is 8.60.